The second kappa shape index (κ2) is 44.5. The highest BCUT2D eigenvalue weighted by molar-refractivity contribution is 7.89. The van der Waals surface area contributed by atoms with Crippen molar-refractivity contribution in [2.45, 2.75) is 126 Å². The van der Waals surface area contributed by atoms with Crippen LogP contribution in [0.4, 0.5) is 0 Å². The molecule has 0 aromatic heterocycles. The van der Waals surface area contributed by atoms with E-state index in [1.165, 1.54) is 24.3 Å². The van der Waals surface area contributed by atoms with Crippen LogP contribution in [0.5, 0.6) is 0 Å². The van der Waals surface area contributed by atoms with Crippen molar-refractivity contribution in [2.24, 2.45) is 17.4 Å². The summed E-state index contributed by atoms with van der Waals surface area (Å²) in [5.41, 5.74) is 16.3. The van der Waals surface area contributed by atoms with Crippen LogP contribution in [0.3, 0.4) is 0 Å². The Morgan fingerprint density at radius 1 is 0.440 bits per heavy atom. The van der Waals surface area contributed by atoms with Crippen molar-refractivity contribution < 1.29 is 42.0 Å². The van der Waals surface area contributed by atoms with E-state index >= 15 is 0 Å². The van der Waals surface area contributed by atoms with E-state index in [2.05, 4.69) is 41.9 Å². The number of carbonyl (C=O) groups is 7. The van der Waals surface area contributed by atoms with Crippen molar-refractivity contribution in [2.75, 3.05) is 58.9 Å². The Hall–Kier alpha value is -6.79. The smallest absolute Gasteiger partial charge is 0.251 e. The number of rotatable bonds is 27. The average molecular weight is 1820 g/mol. The van der Waals surface area contributed by atoms with Crippen LogP contribution < -0.4 is 53.4 Å². The Morgan fingerprint density at radius 2 is 0.802 bits per heavy atom. The predicted molar refractivity (Wildman–Crippen MR) is 466 cm³/mol. The number of benzene rings is 8. The van der Waals surface area contributed by atoms with E-state index in [4.69, 9.17) is 139 Å². The summed E-state index contributed by atoms with van der Waals surface area (Å²) in [7, 11) is -3.76. The van der Waals surface area contributed by atoms with Crippen molar-refractivity contribution in [3.63, 3.8) is 0 Å². The minimum absolute atomic E-state index is 0.00855. The SMILES string of the molecule is CC(C)[C@H](N)C(=O)NCC[C@@H]1N[C@H](CNC(=O)c2ccc(Cl)c(Cl)c2)CCN(Cc2ccc(Cl)cc2Cl)C1=O.Cc1ccc(S(=O)(=O)NCC[C@@H]2N[C@H](CNC(=O)c3ccc(Cl)c(Cl)c3)CCN(Cc3ccc(Cl)cc3Cl)C2=O)cc1.NCC[C@@H]1N[C@H](CNC(=O)c2ccc3cc(Cl)ccc3c2)CCN(Cc2ccc(Cl)cc2Cl)C1=O. The summed E-state index contributed by atoms with van der Waals surface area (Å²) in [6, 6.07) is 39.5. The summed E-state index contributed by atoms with van der Waals surface area (Å²) < 4.78 is 28.2. The molecule has 34 heteroatoms. The molecule has 8 aromatic rings. The van der Waals surface area contributed by atoms with Crippen molar-refractivity contribution in [3.05, 3.63) is 246 Å². The third kappa shape index (κ3) is 27.4. The normalized spacial score (nSPS) is 18.2. The molecule has 3 saturated heterocycles. The van der Waals surface area contributed by atoms with E-state index in [1.54, 1.807) is 112 Å². The molecule has 3 fully saturated rings. The lowest BCUT2D eigenvalue weighted by atomic mass is 10.0. The minimum Gasteiger partial charge on any atom is -0.355 e. The molecule has 0 spiro atoms. The first-order valence-electron chi connectivity index (χ1n) is 37.4. The summed E-state index contributed by atoms with van der Waals surface area (Å²) in [4.78, 5) is 96.4. The molecule has 0 bridgehead atoms. The lowest BCUT2D eigenvalue weighted by Gasteiger charge is -2.25. The van der Waals surface area contributed by atoms with Crippen molar-refractivity contribution in [1.82, 2.24) is 56.6 Å². The second-order valence-corrected chi connectivity index (χ2v) is 35.0. The Bertz CT molecular complexity index is 4940. The van der Waals surface area contributed by atoms with Crippen LogP contribution in [0.25, 0.3) is 10.8 Å². The monoisotopic (exact) mass is 1820 g/mol. The zero-order valence-electron chi connectivity index (χ0n) is 63.5. The molecule has 12 N–H and O–H groups in total. The van der Waals surface area contributed by atoms with Gasteiger partial charge in [-0.25, -0.2) is 13.1 Å². The van der Waals surface area contributed by atoms with E-state index in [9.17, 15) is 42.0 Å². The van der Waals surface area contributed by atoms with Gasteiger partial charge in [-0.05, 0) is 195 Å². The fourth-order valence-corrected chi connectivity index (χ4v) is 16.3. The lowest BCUT2D eigenvalue weighted by molar-refractivity contribution is -0.134. The molecule has 7 atom stereocenters. The lowest BCUT2D eigenvalue weighted by Crippen LogP contribution is -2.50. The van der Waals surface area contributed by atoms with Gasteiger partial charge >= 0.3 is 0 Å². The van der Waals surface area contributed by atoms with E-state index in [-0.39, 0.29) is 114 Å². The van der Waals surface area contributed by atoms with Gasteiger partial charge in [-0.2, -0.15) is 0 Å². The van der Waals surface area contributed by atoms with E-state index in [1.807, 2.05) is 51.1 Å². The van der Waals surface area contributed by atoms with Gasteiger partial charge in [-0.1, -0.05) is 189 Å². The zero-order valence-corrected chi connectivity index (χ0v) is 72.6. The Morgan fingerprint density at radius 3 is 1.20 bits per heavy atom. The fraction of sp³-hybridized carbons (Fsp3) is 0.354. The molecule has 3 aliphatic rings. The second-order valence-electron chi connectivity index (χ2n) is 28.6. The zero-order chi connectivity index (χ0) is 84.1. The van der Waals surface area contributed by atoms with Crippen molar-refractivity contribution >= 4 is 190 Å². The first kappa shape index (κ1) is 93.1. The van der Waals surface area contributed by atoms with E-state index in [0.29, 0.717) is 145 Å². The molecule has 11 rings (SSSR count). The number of halogens is 11. The molecular weight excluding hydrogens is 1730 g/mol. The molecule has 0 radical (unpaired) electrons. The summed E-state index contributed by atoms with van der Waals surface area (Å²) in [5.74, 6) is -1.43. The van der Waals surface area contributed by atoms with Crippen LogP contribution in [0.2, 0.25) is 55.2 Å². The van der Waals surface area contributed by atoms with Crippen LogP contribution in [0, 0.1) is 12.8 Å². The van der Waals surface area contributed by atoms with E-state index < -0.39 is 34.2 Å². The number of aryl methyl sites for hydroxylation is 1. The van der Waals surface area contributed by atoms with Gasteiger partial charge in [-0.3, -0.25) is 33.6 Å². The summed E-state index contributed by atoms with van der Waals surface area (Å²) >= 11 is 67.3. The number of nitrogens with zero attached hydrogens (tertiary/aromatic N) is 3. The molecule has 22 nitrogen and oxygen atoms in total. The highest BCUT2D eigenvalue weighted by Gasteiger charge is 2.35. The molecule has 7 amide bonds. The Labute approximate surface area is 730 Å². The molecule has 8 aromatic carbocycles. The van der Waals surface area contributed by atoms with Gasteiger partial charge in [0.25, 0.3) is 17.7 Å². The first-order valence-corrected chi connectivity index (χ1v) is 43.1. The number of sulfonamides is 1. The Balaban J connectivity index is 0.000000200. The van der Waals surface area contributed by atoms with Gasteiger partial charge < -0.3 is 63.4 Å². The molecule has 620 valence electrons. The highest BCUT2D eigenvalue weighted by atomic mass is 35.5. The van der Waals surface area contributed by atoms with Crippen LogP contribution in [0.15, 0.2) is 157 Å². The van der Waals surface area contributed by atoms with Crippen LogP contribution >= 0.6 is 128 Å². The quantitative estimate of drug-likeness (QED) is 0.0229. The molecule has 116 heavy (non-hydrogen) atoms. The van der Waals surface area contributed by atoms with E-state index in [0.717, 1.165) is 33.0 Å². The number of nitrogens with one attached hydrogen (secondary N) is 8. The summed E-state index contributed by atoms with van der Waals surface area (Å²) in [6.45, 7) is 9.50. The molecular formula is C82H90Cl11N13O9S. The highest BCUT2D eigenvalue weighted by Crippen LogP contribution is 2.30. The maximum absolute atomic E-state index is 13.7. The number of amides is 7. The van der Waals surface area contributed by atoms with Crippen molar-refractivity contribution in [3.8, 4) is 0 Å². The van der Waals surface area contributed by atoms with Crippen molar-refractivity contribution in [1.29, 1.82) is 0 Å². The summed E-state index contributed by atoms with van der Waals surface area (Å²) in [6.07, 6.45) is 2.82. The average Bonchev–Trinajstić information content (AvgIpc) is 1.11. The number of nitrogens with two attached hydrogens (primary N) is 2. The molecule has 3 heterocycles. The number of hydrogen-bond acceptors (Lipinski definition) is 14. The third-order valence-corrected chi connectivity index (χ3v) is 24.7. The first-order chi connectivity index (χ1) is 55.2. The third-order valence-electron chi connectivity index (χ3n) is 19.7. The number of fused-ring (bicyclic) bond motifs is 1. The fourth-order valence-electron chi connectivity index (χ4n) is 13.0. The Kier molecular flexibility index (Phi) is 35.7. The number of hydrogen-bond donors (Lipinski definition) is 10. The molecule has 0 aliphatic carbocycles. The van der Waals surface area contributed by atoms with Gasteiger partial charge in [-0.15, -0.1) is 0 Å². The van der Waals surface area contributed by atoms with Gasteiger partial charge in [0.05, 0.1) is 49.2 Å². The predicted octanol–water partition coefficient (Wildman–Crippen LogP) is 14.4. The van der Waals surface area contributed by atoms with Gasteiger partial charge in [0, 0.05) is 142 Å². The topological polar surface area (TPSA) is 312 Å². The minimum atomic E-state index is -3.76. The van der Waals surface area contributed by atoms with Crippen LogP contribution in [-0.2, 0) is 48.8 Å². The maximum Gasteiger partial charge on any atom is 0.251 e. The van der Waals surface area contributed by atoms with Gasteiger partial charge in [0.15, 0.2) is 0 Å². The molecule has 0 saturated carbocycles. The van der Waals surface area contributed by atoms with Crippen LogP contribution in [0.1, 0.15) is 106 Å². The number of carbonyl (C=O) groups excluding carboxylic acids is 7. The van der Waals surface area contributed by atoms with Gasteiger partial charge in [0.1, 0.15) is 0 Å². The molecule has 3 aliphatic heterocycles. The van der Waals surface area contributed by atoms with Crippen LogP contribution in [-0.4, -0.2) is 166 Å². The van der Waals surface area contributed by atoms with Gasteiger partial charge in [0.2, 0.25) is 33.7 Å². The molecule has 0 unspecified atom stereocenters. The maximum atomic E-state index is 13.7. The largest absolute Gasteiger partial charge is 0.355 e. The summed E-state index contributed by atoms with van der Waals surface area (Å²) in [5, 5.41) is 28.6. The standard InChI is InChI=1S/C29H30Cl4N4O4S.C27H33Cl4N5O3.C26H27Cl3N4O2/c1-18-2-7-23(8-3-18)42(40,41)35-12-10-27-29(39)37(17-20-4-6-21(30)15-25(20)32)13-11-22(36-27)16-34-28(38)19-5-9-24(31)26(33)14-19;1-15(2)24(32)26(38)33-9-7-23-27(39)36(14-17-3-5-18(28)12-21(17)30)10-8-19(35-23)13-34-25(37)16-4-6-20(29)22(31)11-16;27-20-5-3-16-11-18(2-1-17(16)12-20)25(34)31-14-22-8-10-33(26(35)24(32-22)7-9-30)15-19-4-6-21(28)13-23(19)29/h2-9,14-15,22,27,35-36H,10-13,16-17H2,1H3,(H,34,38);3-6,11-12,15,19,23-24,35H,7-10,13-14,32H2,1-2H3,(H,33,38)(H,34,37);1-6,11-13,22,24,32H,7-10,14-15,30H2,(H,31,34)/t22-,27-;19-,23-,24-;22-,24-/m000/s1.